The molecule has 1 atom stereocenters. The fourth-order valence-corrected chi connectivity index (χ4v) is 2.31. The highest BCUT2D eigenvalue weighted by Gasteiger charge is 2.15. The first kappa shape index (κ1) is 8.20. The second kappa shape index (κ2) is 3.54. The molecule has 1 aromatic rings. The number of aromatic nitrogens is 1. The van der Waals surface area contributed by atoms with Gasteiger partial charge in [0.1, 0.15) is 0 Å². The summed E-state index contributed by atoms with van der Waals surface area (Å²) in [5.74, 6) is 0. The molecule has 1 aliphatic rings. The van der Waals surface area contributed by atoms with E-state index in [2.05, 4.69) is 22.6 Å². The largest absolute Gasteiger partial charge is 0.314 e. The van der Waals surface area contributed by atoms with Crippen LogP contribution in [-0.2, 0) is 6.42 Å². The monoisotopic (exact) mass is 182 g/mol. The first-order valence-electron chi connectivity index (χ1n) is 4.49. The van der Waals surface area contributed by atoms with Crippen molar-refractivity contribution >= 4 is 11.3 Å². The standard InChI is InChI=1S/C9H14N2S/c1-7-11-9(6-12-7)5-8-3-2-4-10-8/h6,8,10H,2-5H2,1H3. The third-order valence-corrected chi connectivity index (χ3v) is 3.11. The molecule has 1 aliphatic heterocycles. The lowest BCUT2D eigenvalue weighted by Crippen LogP contribution is -2.23. The quantitative estimate of drug-likeness (QED) is 0.753. The van der Waals surface area contributed by atoms with Gasteiger partial charge in [-0.25, -0.2) is 4.98 Å². The fraction of sp³-hybridized carbons (Fsp3) is 0.667. The number of hydrogen-bond donors (Lipinski definition) is 1. The molecule has 2 nitrogen and oxygen atoms in total. The van der Waals surface area contributed by atoms with Gasteiger partial charge in [0.05, 0.1) is 10.7 Å². The molecule has 0 bridgehead atoms. The molecule has 1 aromatic heterocycles. The molecule has 0 radical (unpaired) electrons. The first-order chi connectivity index (χ1) is 5.84. The molecule has 0 spiro atoms. The zero-order valence-electron chi connectivity index (χ0n) is 7.34. The van der Waals surface area contributed by atoms with Crippen LogP contribution in [0, 0.1) is 6.92 Å². The molecule has 66 valence electrons. The minimum atomic E-state index is 0.687. The summed E-state index contributed by atoms with van der Waals surface area (Å²) in [6.45, 7) is 3.25. The summed E-state index contributed by atoms with van der Waals surface area (Å²) in [6, 6.07) is 0.687. The van der Waals surface area contributed by atoms with Gasteiger partial charge in [-0.2, -0.15) is 0 Å². The maximum Gasteiger partial charge on any atom is 0.0897 e. The Morgan fingerprint density at radius 1 is 1.75 bits per heavy atom. The van der Waals surface area contributed by atoms with Crippen LogP contribution in [0.1, 0.15) is 23.5 Å². The van der Waals surface area contributed by atoms with Gasteiger partial charge in [-0.05, 0) is 26.3 Å². The van der Waals surface area contributed by atoms with Gasteiger partial charge in [-0.15, -0.1) is 11.3 Å². The number of aryl methyl sites for hydroxylation is 1. The van der Waals surface area contributed by atoms with Crippen LogP contribution in [0.4, 0.5) is 0 Å². The lowest BCUT2D eigenvalue weighted by Gasteiger charge is -2.06. The Bertz CT molecular complexity index is 251. The number of hydrogen-bond acceptors (Lipinski definition) is 3. The fourth-order valence-electron chi connectivity index (χ4n) is 1.69. The van der Waals surface area contributed by atoms with Crippen molar-refractivity contribution in [1.82, 2.24) is 10.3 Å². The molecule has 12 heavy (non-hydrogen) atoms. The van der Waals surface area contributed by atoms with Crippen molar-refractivity contribution in [3.8, 4) is 0 Å². The number of nitrogens with zero attached hydrogens (tertiary/aromatic N) is 1. The van der Waals surface area contributed by atoms with Crippen molar-refractivity contribution in [2.75, 3.05) is 6.54 Å². The lowest BCUT2D eigenvalue weighted by atomic mass is 10.1. The number of nitrogens with one attached hydrogen (secondary N) is 1. The molecule has 2 rings (SSSR count). The first-order valence-corrected chi connectivity index (χ1v) is 5.37. The molecule has 1 N–H and O–H groups in total. The van der Waals surface area contributed by atoms with Gasteiger partial charge in [-0.3, -0.25) is 0 Å². The molecule has 0 amide bonds. The molecule has 1 fully saturated rings. The second-order valence-corrected chi connectivity index (χ2v) is 4.42. The molecule has 2 heterocycles. The van der Waals surface area contributed by atoms with Gasteiger partial charge in [0, 0.05) is 17.8 Å². The minimum absolute atomic E-state index is 0.687. The van der Waals surface area contributed by atoms with Crippen LogP contribution in [0.15, 0.2) is 5.38 Å². The Hall–Kier alpha value is -0.410. The van der Waals surface area contributed by atoms with Gasteiger partial charge in [-0.1, -0.05) is 0 Å². The summed E-state index contributed by atoms with van der Waals surface area (Å²) in [5.41, 5.74) is 1.26. The number of rotatable bonds is 2. The summed E-state index contributed by atoms with van der Waals surface area (Å²) in [4.78, 5) is 4.45. The predicted octanol–water partition coefficient (Wildman–Crippen LogP) is 1.75. The summed E-state index contributed by atoms with van der Waals surface area (Å²) in [7, 11) is 0. The molecular weight excluding hydrogens is 168 g/mol. The van der Waals surface area contributed by atoms with Crippen LogP contribution in [0.3, 0.4) is 0 Å². The topological polar surface area (TPSA) is 24.9 Å². The van der Waals surface area contributed by atoms with Crippen molar-refractivity contribution in [2.45, 2.75) is 32.2 Å². The molecule has 1 unspecified atom stereocenters. The Labute approximate surface area is 77.0 Å². The second-order valence-electron chi connectivity index (χ2n) is 3.36. The van der Waals surface area contributed by atoms with Crippen molar-refractivity contribution in [3.63, 3.8) is 0 Å². The van der Waals surface area contributed by atoms with E-state index in [-0.39, 0.29) is 0 Å². The zero-order chi connectivity index (χ0) is 8.39. The van der Waals surface area contributed by atoms with Crippen molar-refractivity contribution in [2.24, 2.45) is 0 Å². The molecule has 0 aliphatic carbocycles. The highest BCUT2D eigenvalue weighted by atomic mass is 32.1. The van der Waals surface area contributed by atoms with Crippen molar-refractivity contribution < 1.29 is 0 Å². The smallest absolute Gasteiger partial charge is 0.0897 e. The van der Waals surface area contributed by atoms with Crippen LogP contribution < -0.4 is 5.32 Å². The Morgan fingerprint density at radius 3 is 3.25 bits per heavy atom. The van der Waals surface area contributed by atoms with Crippen LogP contribution in [0.5, 0.6) is 0 Å². The lowest BCUT2D eigenvalue weighted by molar-refractivity contribution is 0.596. The summed E-state index contributed by atoms with van der Waals surface area (Å²) < 4.78 is 0. The van der Waals surface area contributed by atoms with Crippen LogP contribution >= 0.6 is 11.3 Å². The van der Waals surface area contributed by atoms with Crippen LogP contribution in [0.25, 0.3) is 0 Å². The van der Waals surface area contributed by atoms with Gasteiger partial charge in [0.2, 0.25) is 0 Å². The maximum atomic E-state index is 4.45. The van der Waals surface area contributed by atoms with E-state index in [1.165, 1.54) is 30.1 Å². The van der Waals surface area contributed by atoms with Crippen LogP contribution in [0.2, 0.25) is 0 Å². The van der Waals surface area contributed by atoms with E-state index in [0.29, 0.717) is 6.04 Å². The normalized spacial score (nSPS) is 23.2. The molecular formula is C9H14N2S. The molecule has 0 saturated carbocycles. The average Bonchev–Trinajstić information content (AvgIpc) is 2.63. The van der Waals surface area contributed by atoms with E-state index in [1.807, 2.05) is 0 Å². The Kier molecular flexibility index (Phi) is 2.42. The number of thiazole rings is 1. The van der Waals surface area contributed by atoms with E-state index >= 15 is 0 Å². The maximum absolute atomic E-state index is 4.45. The van der Waals surface area contributed by atoms with Crippen molar-refractivity contribution in [1.29, 1.82) is 0 Å². The highest BCUT2D eigenvalue weighted by molar-refractivity contribution is 7.09. The van der Waals surface area contributed by atoms with E-state index < -0.39 is 0 Å². The highest BCUT2D eigenvalue weighted by Crippen LogP contribution is 2.14. The minimum Gasteiger partial charge on any atom is -0.314 e. The van der Waals surface area contributed by atoms with Crippen LogP contribution in [-0.4, -0.2) is 17.6 Å². The molecule has 0 aromatic carbocycles. The molecule has 3 heteroatoms. The Balaban J connectivity index is 1.94. The summed E-state index contributed by atoms with van der Waals surface area (Å²) in [5, 5.41) is 6.84. The van der Waals surface area contributed by atoms with E-state index in [9.17, 15) is 0 Å². The third kappa shape index (κ3) is 1.84. The Morgan fingerprint density at radius 2 is 2.67 bits per heavy atom. The average molecular weight is 182 g/mol. The van der Waals surface area contributed by atoms with Gasteiger partial charge in [0.25, 0.3) is 0 Å². The van der Waals surface area contributed by atoms with Gasteiger partial charge in [0.15, 0.2) is 0 Å². The third-order valence-electron chi connectivity index (χ3n) is 2.28. The summed E-state index contributed by atoms with van der Waals surface area (Å²) in [6.07, 6.45) is 3.76. The van der Waals surface area contributed by atoms with E-state index in [1.54, 1.807) is 11.3 Å². The SMILES string of the molecule is Cc1nc(CC2CCCN2)cs1. The van der Waals surface area contributed by atoms with Gasteiger partial charge >= 0.3 is 0 Å². The van der Waals surface area contributed by atoms with E-state index in [0.717, 1.165) is 6.42 Å². The predicted molar refractivity (Wildman–Crippen MR) is 51.6 cm³/mol. The van der Waals surface area contributed by atoms with E-state index in [4.69, 9.17) is 0 Å². The van der Waals surface area contributed by atoms with Crippen molar-refractivity contribution in [3.05, 3.63) is 16.1 Å². The molecule has 1 saturated heterocycles. The zero-order valence-corrected chi connectivity index (χ0v) is 8.16. The van der Waals surface area contributed by atoms with Gasteiger partial charge < -0.3 is 5.32 Å². The summed E-state index contributed by atoms with van der Waals surface area (Å²) >= 11 is 1.75.